The Balaban J connectivity index is 1.70. The van der Waals surface area contributed by atoms with Crippen LogP contribution in [-0.4, -0.2) is 54.7 Å². The van der Waals surface area contributed by atoms with Gasteiger partial charge in [-0.15, -0.1) is 0 Å². The average Bonchev–Trinajstić information content (AvgIpc) is 2.61. The van der Waals surface area contributed by atoms with Crippen LogP contribution in [0.25, 0.3) is 0 Å². The topological polar surface area (TPSA) is 70.6 Å². The number of hydrogen-bond donors (Lipinski definition) is 0. The van der Waals surface area contributed by atoms with Crippen molar-refractivity contribution < 1.29 is 13.2 Å². The summed E-state index contributed by atoms with van der Waals surface area (Å²) in [5.74, 6) is -0.164. The zero-order chi connectivity index (χ0) is 18.0. The number of amides is 1. The third-order valence-corrected chi connectivity index (χ3v) is 6.46. The largest absolute Gasteiger partial charge is 0.335 e. The molecule has 0 saturated carbocycles. The van der Waals surface area contributed by atoms with E-state index in [1.165, 1.54) is 4.31 Å². The highest BCUT2D eigenvalue weighted by molar-refractivity contribution is 9.10. The summed E-state index contributed by atoms with van der Waals surface area (Å²) in [5, 5.41) is 0. The van der Waals surface area contributed by atoms with Gasteiger partial charge in [0.2, 0.25) is 10.0 Å². The van der Waals surface area contributed by atoms with Crippen LogP contribution in [0, 0.1) is 6.92 Å². The van der Waals surface area contributed by atoms with Crippen molar-refractivity contribution in [2.45, 2.75) is 11.8 Å². The van der Waals surface area contributed by atoms with Gasteiger partial charge >= 0.3 is 0 Å². The highest BCUT2D eigenvalue weighted by atomic mass is 79.9. The summed E-state index contributed by atoms with van der Waals surface area (Å²) in [5.41, 5.74) is 1.17. The summed E-state index contributed by atoms with van der Waals surface area (Å²) in [6.07, 6.45) is 0. The van der Waals surface area contributed by atoms with Gasteiger partial charge in [-0.25, -0.2) is 13.4 Å². The first-order valence-corrected chi connectivity index (χ1v) is 10.1. The molecule has 1 amide bonds. The maximum Gasteiger partial charge on any atom is 0.272 e. The number of benzene rings is 1. The second kappa shape index (κ2) is 7.23. The molecule has 6 nitrogen and oxygen atoms in total. The number of halogens is 1. The Kier molecular flexibility index (Phi) is 5.21. The molecule has 0 radical (unpaired) electrons. The number of aromatic nitrogens is 1. The minimum atomic E-state index is -3.56. The van der Waals surface area contributed by atoms with Crippen molar-refractivity contribution in [1.29, 1.82) is 0 Å². The van der Waals surface area contributed by atoms with Gasteiger partial charge in [-0.1, -0.05) is 28.1 Å². The van der Waals surface area contributed by atoms with Gasteiger partial charge in [-0.2, -0.15) is 4.31 Å². The monoisotopic (exact) mass is 423 g/mol. The molecule has 132 valence electrons. The van der Waals surface area contributed by atoms with Gasteiger partial charge in [0.15, 0.2) is 0 Å². The van der Waals surface area contributed by atoms with E-state index in [1.807, 2.05) is 13.0 Å². The summed E-state index contributed by atoms with van der Waals surface area (Å²) >= 11 is 3.30. The molecule has 0 bridgehead atoms. The average molecular weight is 424 g/mol. The summed E-state index contributed by atoms with van der Waals surface area (Å²) in [6, 6.07) is 11.9. The second-order valence-electron chi connectivity index (χ2n) is 5.82. The fourth-order valence-electron chi connectivity index (χ4n) is 2.73. The summed E-state index contributed by atoms with van der Waals surface area (Å²) in [4.78, 5) is 18.7. The second-order valence-corrected chi connectivity index (χ2v) is 8.67. The molecule has 2 heterocycles. The molecule has 0 aliphatic carbocycles. The van der Waals surface area contributed by atoms with E-state index in [0.717, 1.165) is 5.69 Å². The van der Waals surface area contributed by atoms with E-state index in [4.69, 9.17) is 0 Å². The zero-order valence-electron chi connectivity index (χ0n) is 13.7. The highest BCUT2D eigenvalue weighted by Crippen LogP contribution is 2.21. The molecule has 3 rings (SSSR count). The first-order valence-electron chi connectivity index (χ1n) is 7.86. The Hall–Kier alpha value is -1.77. The van der Waals surface area contributed by atoms with Gasteiger partial charge in [0.05, 0.1) is 4.90 Å². The predicted octanol–water partition coefficient (Wildman–Crippen LogP) is 2.30. The van der Waals surface area contributed by atoms with E-state index < -0.39 is 10.0 Å². The Morgan fingerprint density at radius 1 is 1.08 bits per heavy atom. The van der Waals surface area contributed by atoms with Crippen LogP contribution in [0.1, 0.15) is 16.2 Å². The maximum atomic E-state index is 12.7. The Morgan fingerprint density at radius 2 is 1.76 bits per heavy atom. The lowest BCUT2D eigenvalue weighted by atomic mass is 10.2. The van der Waals surface area contributed by atoms with Crippen LogP contribution in [0.15, 0.2) is 51.8 Å². The number of pyridine rings is 1. The van der Waals surface area contributed by atoms with E-state index in [2.05, 4.69) is 20.9 Å². The quantitative estimate of drug-likeness (QED) is 0.758. The van der Waals surface area contributed by atoms with Crippen molar-refractivity contribution in [3.63, 3.8) is 0 Å². The standard InChI is InChI=1S/C17H18BrN3O3S/c1-13-4-2-7-16(19-13)17(22)20-8-10-21(11-9-20)25(23,24)15-6-3-5-14(18)12-15/h2-7,12H,8-11H2,1H3. The molecule has 0 unspecified atom stereocenters. The fraction of sp³-hybridized carbons (Fsp3) is 0.294. The van der Waals surface area contributed by atoms with Crippen molar-refractivity contribution in [3.05, 3.63) is 58.3 Å². The van der Waals surface area contributed by atoms with Crippen LogP contribution >= 0.6 is 15.9 Å². The third kappa shape index (κ3) is 3.91. The van der Waals surface area contributed by atoms with Crippen molar-refractivity contribution in [2.75, 3.05) is 26.2 Å². The van der Waals surface area contributed by atoms with Crippen LogP contribution in [-0.2, 0) is 10.0 Å². The smallest absolute Gasteiger partial charge is 0.272 e. The third-order valence-electron chi connectivity index (χ3n) is 4.07. The number of nitrogens with zero attached hydrogens (tertiary/aromatic N) is 3. The van der Waals surface area contributed by atoms with Crippen molar-refractivity contribution in [3.8, 4) is 0 Å². The van der Waals surface area contributed by atoms with Gasteiger partial charge < -0.3 is 4.90 Å². The van der Waals surface area contributed by atoms with Crippen LogP contribution in [0.3, 0.4) is 0 Å². The first kappa shape index (κ1) is 18.0. The van der Waals surface area contributed by atoms with Crippen LogP contribution in [0.4, 0.5) is 0 Å². The minimum absolute atomic E-state index is 0.164. The number of piperazine rings is 1. The number of sulfonamides is 1. The summed E-state index contributed by atoms with van der Waals surface area (Å²) in [6.45, 7) is 3.07. The Morgan fingerprint density at radius 3 is 2.40 bits per heavy atom. The molecule has 0 spiro atoms. The van der Waals surface area contributed by atoms with Crippen molar-refractivity contribution in [1.82, 2.24) is 14.2 Å². The van der Waals surface area contributed by atoms with E-state index in [1.54, 1.807) is 41.3 Å². The molecule has 1 fully saturated rings. The lowest BCUT2D eigenvalue weighted by Gasteiger charge is -2.33. The molecule has 25 heavy (non-hydrogen) atoms. The Bertz CT molecular complexity index is 894. The number of hydrogen-bond acceptors (Lipinski definition) is 4. The van der Waals surface area contributed by atoms with Gasteiger partial charge in [0, 0.05) is 36.3 Å². The normalized spacial score (nSPS) is 16.0. The summed E-state index contributed by atoms with van der Waals surface area (Å²) in [7, 11) is -3.56. The van der Waals surface area contributed by atoms with Crippen molar-refractivity contribution in [2.24, 2.45) is 0 Å². The van der Waals surface area contributed by atoms with Gasteiger partial charge in [-0.3, -0.25) is 4.79 Å². The van der Waals surface area contributed by atoms with Crippen LogP contribution < -0.4 is 0 Å². The Labute approximate surface area is 155 Å². The van der Waals surface area contributed by atoms with Gasteiger partial charge in [0.25, 0.3) is 5.91 Å². The molecular formula is C17H18BrN3O3S. The first-order chi connectivity index (χ1) is 11.9. The number of rotatable bonds is 3. The van der Waals surface area contributed by atoms with Gasteiger partial charge in [-0.05, 0) is 37.3 Å². The maximum absolute atomic E-state index is 12.7. The van der Waals surface area contributed by atoms with E-state index in [0.29, 0.717) is 23.3 Å². The lowest BCUT2D eigenvalue weighted by Crippen LogP contribution is -2.50. The molecule has 1 aliphatic rings. The predicted molar refractivity (Wildman–Crippen MR) is 97.8 cm³/mol. The molecule has 1 aromatic carbocycles. The molecule has 1 aliphatic heterocycles. The molecule has 1 saturated heterocycles. The molecular weight excluding hydrogens is 406 g/mol. The van der Waals surface area contributed by atoms with Gasteiger partial charge in [0.1, 0.15) is 5.69 Å². The van der Waals surface area contributed by atoms with Crippen molar-refractivity contribution >= 4 is 31.9 Å². The molecule has 2 aromatic rings. The SMILES string of the molecule is Cc1cccc(C(=O)N2CCN(S(=O)(=O)c3cccc(Br)c3)CC2)n1. The number of carbonyl (C=O) groups is 1. The number of carbonyl (C=O) groups excluding carboxylic acids is 1. The summed E-state index contributed by atoms with van der Waals surface area (Å²) < 4.78 is 27.6. The zero-order valence-corrected chi connectivity index (χ0v) is 16.1. The fourth-order valence-corrected chi connectivity index (χ4v) is 4.75. The van der Waals surface area contributed by atoms with E-state index >= 15 is 0 Å². The highest BCUT2D eigenvalue weighted by Gasteiger charge is 2.30. The molecule has 0 N–H and O–H groups in total. The molecule has 8 heteroatoms. The van der Waals surface area contributed by atoms with E-state index in [-0.39, 0.29) is 23.9 Å². The molecule has 0 atom stereocenters. The van der Waals surface area contributed by atoms with E-state index in [9.17, 15) is 13.2 Å². The molecule has 1 aromatic heterocycles. The number of aryl methyl sites for hydroxylation is 1. The van der Waals surface area contributed by atoms with Crippen LogP contribution in [0.5, 0.6) is 0 Å². The lowest BCUT2D eigenvalue weighted by molar-refractivity contribution is 0.0691. The minimum Gasteiger partial charge on any atom is -0.335 e. The van der Waals surface area contributed by atoms with Crippen LogP contribution in [0.2, 0.25) is 0 Å².